The van der Waals surface area contributed by atoms with E-state index < -0.39 is 11.7 Å². The lowest BCUT2D eigenvalue weighted by Gasteiger charge is -2.40. The molecule has 1 saturated carbocycles. The van der Waals surface area contributed by atoms with Crippen molar-refractivity contribution in [1.29, 1.82) is 0 Å². The Morgan fingerprint density at radius 1 is 1.20 bits per heavy atom. The van der Waals surface area contributed by atoms with E-state index in [9.17, 15) is 9.18 Å². The van der Waals surface area contributed by atoms with Gasteiger partial charge in [-0.1, -0.05) is 0 Å². The van der Waals surface area contributed by atoms with E-state index in [1.54, 1.807) is 23.7 Å². The van der Waals surface area contributed by atoms with Crippen LogP contribution in [-0.2, 0) is 0 Å². The van der Waals surface area contributed by atoms with E-state index in [0.29, 0.717) is 17.1 Å². The highest BCUT2D eigenvalue weighted by molar-refractivity contribution is 6.02. The molecule has 0 spiro atoms. The van der Waals surface area contributed by atoms with E-state index in [4.69, 9.17) is 0 Å². The van der Waals surface area contributed by atoms with Gasteiger partial charge in [-0.05, 0) is 26.7 Å². The van der Waals surface area contributed by atoms with Crippen molar-refractivity contribution in [1.82, 2.24) is 24.7 Å². The highest BCUT2D eigenvalue weighted by Crippen LogP contribution is 2.25. The van der Waals surface area contributed by atoms with Gasteiger partial charge in [0.15, 0.2) is 5.82 Å². The number of hydrogen-bond acceptors (Lipinski definition) is 6. The van der Waals surface area contributed by atoms with Crippen molar-refractivity contribution in [2.75, 3.05) is 29.9 Å². The molecule has 3 aromatic heterocycles. The zero-order chi connectivity index (χ0) is 20.8. The van der Waals surface area contributed by atoms with Gasteiger partial charge in [-0.2, -0.15) is 0 Å². The molecule has 156 valence electrons. The quantitative estimate of drug-likeness (QED) is 0.650. The van der Waals surface area contributed by atoms with Crippen LogP contribution in [-0.4, -0.2) is 50.9 Å². The molecule has 1 aliphatic heterocycles. The number of pyridine rings is 1. The summed E-state index contributed by atoms with van der Waals surface area (Å²) in [4.78, 5) is 27.6. The Morgan fingerprint density at radius 2 is 2.00 bits per heavy atom. The Balaban J connectivity index is 1.23. The Hall–Kier alpha value is -3.07. The van der Waals surface area contributed by atoms with Gasteiger partial charge in [-0.15, -0.1) is 0 Å². The Kier molecular flexibility index (Phi) is 4.62. The summed E-state index contributed by atoms with van der Waals surface area (Å²) in [6.07, 6.45) is 8.93. The molecule has 0 bridgehead atoms. The van der Waals surface area contributed by atoms with Crippen molar-refractivity contribution in [2.45, 2.75) is 32.7 Å². The van der Waals surface area contributed by atoms with Gasteiger partial charge < -0.3 is 19.9 Å². The molecule has 0 unspecified atom stereocenters. The maximum atomic E-state index is 14.7. The summed E-state index contributed by atoms with van der Waals surface area (Å²) in [6.45, 7) is 6.40. The average Bonchev–Trinajstić information content (AvgIpc) is 3.45. The zero-order valence-electron chi connectivity index (χ0n) is 17.0. The molecular weight excluding hydrogens is 385 g/mol. The minimum absolute atomic E-state index is 0.0852. The fraction of sp³-hybridized carbons (Fsp3) is 0.429. The van der Waals surface area contributed by atoms with Gasteiger partial charge in [0.25, 0.3) is 5.91 Å². The Labute approximate surface area is 173 Å². The Bertz CT molecular complexity index is 1100. The molecule has 1 amide bonds. The molecule has 30 heavy (non-hydrogen) atoms. The molecular formula is C21H24FN7O. The number of hydrogen-bond donors (Lipinski definition) is 2. The van der Waals surface area contributed by atoms with Crippen LogP contribution in [0.3, 0.4) is 0 Å². The summed E-state index contributed by atoms with van der Waals surface area (Å²) in [7, 11) is 0. The molecule has 8 nitrogen and oxygen atoms in total. The van der Waals surface area contributed by atoms with Crippen molar-refractivity contribution < 1.29 is 9.18 Å². The Morgan fingerprint density at radius 3 is 2.70 bits per heavy atom. The molecule has 2 fully saturated rings. The van der Waals surface area contributed by atoms with Gasteiger partial charge in [0.1, 0.15) is 17.2 Å². The highest BCUT2D eigenvalue weighted by Gasteiger charge is 2.30. The first-order valence-electron chi connectivity index (χ1n) is 10.2. The monoisotopic (exact) mass is 409 g/mol. The van der Waals surface area contributed by atoms with Gasteiger partial charge in [0, 0.05) is 49.6 Å². The second kappa shape index (κ2) is 7.32. The second-order valence-corrected chi connectivity index (χ2v) is 8.26. The number of amides is 1. The summed E-state index contributed by atoms with van der Waals surface area (Å²) >= 11 is 0. The molecule has 1 aliphatic carbocycles. The van der Waals surface area contributed by atoms with Gasteiger partial charge in [-0.25, -0.2) is 19.3 Å². The van der Waals surface area contributed by atoms with Crippen molar-refractivity contribution >= 4 is 23.1 Å². The van der Waals surface area contributed by atoms with E-state index in [0.717, 1.165) is 37.2 Å². The van der Waals surface area contributed by atoms with Crippen molar-refractivity contribution in [3.8, 4) is 0 Å². The zero-order valence-corrected chi connectivity index (χ0v) is 17.0. The standard InChI is InChI=1S/C21H24FN7O/c1-12-8-29-11-17(19(22)13(2)20(29)26-12)27-21(30)16-6-25-18(7-24-16)28-9-14(10-28)5-23-15-3-4-15/h6-8,11,14-15,23H,3-5,9-10H2,1-2H3,(H,27,30). The highest BCUT2D eigenvalue weighted by atomic mass is 19.1. The maximum Gasteiger partial charge on any atom is 0.275 e. The number of nitrogens with zero attached hydrogens (tertiary/aromatic N) is 5. The molecule has 3 aromatic rings. The van der Waals surface area contributed by atoms with Crippen LogP contribution < -0.4 is 15.5 Å². The average molecular weight is 409 g/mol. The number of halogens is 1. The number of carbonyl (C=O) groups is 1. The third-order valence-electron chi connectivity index (χ3n) is 5.69. The second-order valence-electron chi connectivity index (χ2n) is 8.26. The van der Waals surface area contributed by atoms with Gasteiger partial charge in [0.2, 0.25) is 0 Å². The summed E-state index contributed by atoms with van der Waals surface area (Å²) in [6, 6.07) is 0.726. The first-order valence-corrected chi connectivity index (χ1v) is 10.2. The third kappa shape index (κ3) is 3.60. The number of aryl methyl sites for hydroxylation is 2. The molecule has 0 atom stereocenters. The first-order chi connectivity index (χ1) is 14.5. The fourth-order valence-corrected chi connectivity index (χ4v) is 3.77. The minimum Gasteiger partial charge on any atom is -0.355 e. The van der Waals surface area contributed by atoms with E-state index in [2.05, 4.69) is 30.5 Å². The summed E-state index contributed by atoms with van der Waals surface area (Å²) in [5.41, 5.74) is 1.92. The van der Waals surface area contributed by atoms with Crippen LogP contribution in [0, 0.1) is 25.6 Å². The van der Waals surface area contributed by atoms with E-state index in [1.165, 1.54) is 25.2 Å². The van der Waals surface area contributed by atoms with Crippen LogP contribution in [0.2, 0.25) is 0 Å². The van der Waals surface area contributed by atoms with Crippen LogP contribution in [0.4, 0.5) is 15.9 Å². The first kappa shape index (κ1) is 18.9. The molecule has 4 heterocycles. The van der Waals surface area contributed by atoms with Crippen LogP contribution in [0.15, 0.2) is 24.8 Å². The smallest absolute Gasteiger partial charge is 0.275 e. The summed E-state index contributed by atoms with van der Waals surface area (Å²) in [5.74, 6) is 0.381. The molecule has 9 heteroatoms. The van der Waals surface area contributed by atoms with Gasteiger partial charge in [0.05, 0.1) is 23.8 Å². The largest absolute Gasteiger partial charge is 0.355 e. The lowest BCUT2D eigenvalue weighted by atomic mass is 10.0. The predicted molar refractivity (Wildman–Crippen MR) is 111 cm³/mol. The molecule has 0 aromatic carbocycles. The lowest BCUT2D eigenvalue weighted by Crippen LogP contribution is -2.51. The topological polar surface area (TPSA) is 87.5 Å². The number of aromatic nitrogens is 4. The summed E-state index contributed by atoms with van der Waals surface area (Å²) < 4.78 is 16.4. The number of carbonyl (C=O) groups excluding carboxylic acids is 1. The van der Waals surface area contributed by atoms with Gasteiger partial charge in [-0.3, -0.25) is 4.79 Å². The molecule has 5 rings (SSSR count). The minimum atomic E-state index is -0.502. The molecule has 1 saturated heterocycles. The van der Waals surface area contributed by atoms with E-state index in [-0.39, 0.29) is 11.4 Å². The molecule has 2 N–H and O–H groups in total. The van der Waals surface area contributed by atoms with E-state index >= 15 is 0 Å². The summed E-state index contributed by atoms with van der Waals surface area (Å²) in [5, 5.41) is 6.15. The predicted octanol–water partition coefficient (Wildman–Crippen LogP) is 2.32. The van der Waals surface area contributed by atoms with Gasteiger partial charge >= 0.3 is 0 Å². The van der Waals surface area contributed by atoms with Crippen molar-refractivity contribution in [3.05, 3.63) is 47.6 Å². The van der Waals surface area contributed by atoms with Crippen LogP contribution in [0.5, 0.6) is 0 Å². The number of fused-ring (bicyclic) bond motifs is 1. The number of imidazole rings is 1. The SMILES string of the molecule is Cc1cn2cc(NC(=O)c3cnc(N4CC(CNC5CC5)C4)cn3)c(F)c(C)c2n1. The van der Waals surface area contributed by atoms with Crippen molar-refractivity contribution in [2.24, 2.45) is 5.92 Å². The van der Waals surface area contributed by atoms with Crippen LogP contribution >= 0.6 is 0 Å². The van der Waals surface area contributed by atoms with Crippen molar-refractivity contribution in [3.63, 3.8) is 0 Å². The van der Waals surface area contributed by atoms with E-state index in [1.807, 2.05) is 6.92 Å². The number of rotatable bonds is 6. The normalized spacial score (nSPS) is 16.7. The molecule has 2 aliphatic rings. The van der Waals surface area contributed by atoms with Crippen LogP contribution in [0.1, 0.15) is 34.6 Å². The fourth-order valence-electron chi connectivity index (χ4n) is 3.77. The number of nitrogens with one attached hydrogen (secondary N) is 2. The molecule has 0 radical (unpaired) electrons. The lowest BCUT2D eigenvalue weighted by molar-refractivity contribution is 0.102. The third-order valence-corrected chi connectivity index (χ3v) is 5.69. The van der Waals surface area contributed by atoms with Crippen LogP contribution in [0.25, 0.3) is 5.65 Å². The number of anilines is 2. The maximum absolute atomic E-state index is 14.7.